The predicted octanol–water partition coefficient (Wildman–Crippen LogP) is 1.56. The number of hydrogen-bond acceptors (Lipinski definition) is 7. The average Bonchev–Trinajstić information content (AvgIpc) is 2.61. The van der Waals surface area contributed by atoms with Crippen molar-refractivity contribution in [2.45, 2.75) is 25.2 Å². The Morgan fingerprint density at radius 1 is 1.40 bits per heavy atom. The molecule has 0 radical (unpaired) electrons. The quantitative estimate of drug-likeness (QED) is 0.639. The Labute approximate surface area is 145 Å². The van der Waals surface area contributed by atoms with Gasteiger partial charge in [0.1, 0.15) is 17.9 Å². The molecule has 3 rings (SSSR count). The first-order valence-corrected chi connectivity index (χ1v) is 8.13. The molecular formula is C18H20N2O5. The van der Waals surface area contributed by atoms with Crippen LogP contribution in [-0.2, 0) is 23.8 Å². The lowest BCUT2D eigenvalue weighted by Crippen LogP contribution is -2.31. The molecule has 1 aliphatic carbocycles. The van der Waals surface area contributed by atoms with Gasteiger partial charge in [-0.15, -0.1) is 0 Å². The summed E-state index contributed by atoms with van der Waals surface area (Å²) >= 11 is 0. The van der Waals surface area contributed by atoms with E-state index in [0.717, 1.165) is 0 Å². The van der Waals surface area contributed by atoms with Crippen molar-refractivity contribution in [1.82, 2.24) is 4.98 Å². The number of hydrogen-bond donors (Lipinski definition) is 1. The maximum Gasteiger partial charge on any atom is 0.340 e. The summed E-state index contributed by atoms with van der Waals surface area (Å²) < 4.78 is 15.7. The van der Waals surface area contributed by atoms with Crippen LogP contribution >= 0.6 is 0 Å². The number of rotatable bonds is 5. The van der Waals surface area contributed by atoms with Crippen LogP contribution in [0.5, 0.6) is 0 Å². The third-order valence-corrected chi connectivity index (χ3v) is 4.24. The Kier molecular flexibility index (Phi) is 5.14. The largest absolute Gasteiger partial charge is 0.460 e. The van der Waals surface area contributed by atoms with Gasteiger partial charge in [-0.3, -0.25) is 9.78 Å². The van der Waals surface area contributed by atoms with Gasteiger partial charge in [0.15, 0.2) is 5.78 Å². The molecule has 0 unspecified atom stereocenters. The number of aromatic nitrogens is 1. The molecule has 1 aliphatic heterocycles. The number of ether oxygens (including phenoxy) is 3. The fraction of sp³-hybridized carbons (Fsp3) is 0.389. The van der Waals surface area contributed by atoms with Gasteiger partial charge in [-0.1, -0.05) is 6.07 Å². The monoisotopic (exact) mass is 344 g/mol. The van der Waals surface area contributed by atoms with Crippen LogP contribution < -0.4 is 5.73 Å². The smallest absolute Gasteiger partial charge is 0.340 e. The van der Waals surface area contributed by atoms with Crippen LogP contribution in [0.4, 0.5) is 0 Å². The number of Topliss-reactive ketones (excluding diaryl/α,β-unsaturated/α-hetero) is 1. The van der Waals surface area contributed by atoms with Crippen molar-refractivity contribution in [3.63, 3.8) is 0 Å². The minimum Gasteiger partial charge on any atom is -0.460 e. The minimum atomic E-state index is -0.625. The highest BCUT2D eigenvalue weighted by molar-refractivity contribution is 6.03. The summed E-state index contributed by atoms with van der Waals surface area (Å²) in [5, 5.41) is 0. The van der Waals surface area contributed by atoms with Crippen LogP contribution in [0.25, 0.3) is 0 Å². The van der Waals surface area contributed by atoms with Crippen molar-refractivity contribution >= 4 is 11.8 Å². The zero-order valence-corrected chi connectivity index (χ0v) is 14.0. The maximum atomic E-state index is 12.6. The second kappa shape index (κ2) is 7.48. The third-order valence-electron chi connectivity index (χ3n) is 4.24. The number of ketones is 1. The number of carbonyl (C=O) groups is 2. The zero-order valence-electron chi connectivity index (χ0n) is 14.0. The average molecular weight is 344 g/mol. The molecular weight excluding hydrogens is 324 g/mol. The van der Waals surface area contributed by atoms with E-state index in [4.69, 9.17) is 19.9 Å². The van der Waals surface area contributed by atoms with Gasteiger partial charge in [0, 0.05) is 37.9 Å². The van der Waals surface area contributed by atoms with Crippen molar-refractivity contribution in [2.24, 2.45) is 5.73 Å². The molecule has 25 heavy (non-hydrogen) atoms. The number of pyridine rings is 1. The number of methoxy groups -OCH3 is 1. The molecule has 2 heterocycles. The van der Waals surface area contributed by atoms with Gasteiger partial charge in [0.2, 0.25) is 5.88 Å². The molecule has 1 atom stereocenters. The fourth-order valence-electron chi connectivity index (χ4n) is 3.13. The first kappa shape index (κ1) is 17.2. The standard InChI is InChI=1S/C18H20N2O5/c1-23-8-9-24-18(22)16-14(11-4-3-7-20-10-11)15-12(21)5-2-6-13(15)25-17(16)19/h3-4,7,10,14H,2,5-6,8-9,19H2,1H3/t14-/m1/s1. The van der Waals surface area contributed by atoms with Gasteiger partial charge in [-0.05, 0) is 18.1 Å². The van der Waals surface area contributed by atoms with Crippen LogP contribution in [-0.4, -0.2) is 37.1 Å². The van der Waals surface area contributed by atoms with E-state index in [0.29, 0.717) is 36.2 Å². The van der Waals surface area contributed by atoms with Gasteiger partial charge in [-0.2, -0.15) is 0 Å². The van der Waals surface area contributed by atoms with Crippen LogP contribution in [0.1, 0.15) is 30.7 Å². The normalized spacial score (nSPS) is 20.2. The Balaban J connectivity index is 2.02. The van der Waals surface area contributed by atoms with Crippen LogP contribution in [0, 0.1) is 0 Å². The van der Waals surface area contributed by atoms with Crippen molar-refractivity contribution in [1.29, 1.82) is 0 Å². The van der Waals surface area contributed by atoms with Gasteiger partial charge in [0.05, 0.1) is 12.5 Å². The second-order valence-electron chi connectivity index (χ2n) is 5.84. The van der Waals surface area contributed by atoms with E-state index in [2.05, 4.69) is 4.98 Å². The highest BCUT2D eigenvalue weighted by atomic mass is 16.6. The molecule has 0 fully saturated rings. The van der Waals surface area contributed by atoms with Crippen LogP contribution in [0.2, 0.25) is 0 Å². The lowest BCUT2D eigenvalue weighted by Gasteiger charge is -2.32. The summed E-state index contributed by atoms with van der Waals surface area (Å²) in [5.74, 6) is -0.765. The second-order valence-corrected chi connectivity index (χ2v) is 5.84. The highest BCUT2D eigenvalue weighted by Crippen LogP contribution is 2.43. The zero-order chi connectivity index (χ0) is 17.8. The Morgan fingerprint density at radius 3 is 2.96 bits per heavy atom. The van der Waals surface area contributed by atoms with Crippen molar-refractivity contribution in [2.75, 3.05) is 20.3 Å². The Morgan fingerprint density at radius 2 is 2.24 bits per heavy atom. The lowest BCUT2D eigenvalue weighted by molar-refractivity contribution is -0.140. The summed E-state index contributed by atoms with van der Waals surface area (Å²) in [6.07, 6.45) is 5.00. The number of esters is 1. The predicted molar refractivity (Wildman–Crippen MR) is 88.0 cm³/mol. The first-order chi connectivity index (χ1) is 12.1. The topological polar surface area (TPSA) is 101 Å². The van der Waals surface area contributed by atoms with Gasteiger partial charge < -0.3 is 19.9 Å². The van der Waals surface area contributed by atoms with E-state index in [1.807, 2.05) is 6.07 Å². The van der Waals surface area contributed by atoms with Crippen molar-refractivity contribution in [3.8, 4) is 0 Å². The summed E-state index contributed by atoms with van der Waals surface area (Å²) in [5.41, 5.74) is 7.34. The molecule has 0 saturated heterocycles. The minimum absolute atomic E-state index is 0.0234. The molecule has 7 nitrogen and oxygen atoms in total. The highest BCUT2D eigenvalue weighted by Gasteiger charge is 2.41. The van der Waals surface area contributed by atoms with Gasteiger partial charge >= 0.3 is 5.97 Å². The van der Waals surface area contributed by atoms with Gasteiger partial charge in [0.25, 0.3) is 0 Å². The van der Waals surface area contributed by atoms with E-state index in [1.165, 1.54) is 7.11 Å². The Bertz CT molecular complexity index is 739. The molecule has 0 amide bonds. The van der Waals surface area contributed by atoms with E-state index in [-0.39, 0.29) is 30.5 Å². The molecule has 0 aromatic carbocycles. The fourth-order valence-corrected chi connectivity index (χ4v) is 3.13. The molecule has 2 N–H and O–H groups in total. The number of allylic oxidation sites excluding steroid dienone is 2. The van der Waals surface area contributed by atoms with Crippen molar-refractivity contribution < 1.29 is 23.8 Å². The molecule has 0 saturated carbocycles. The first-order valence-electron chi connectivity index (χ1n) is 8.13. The van der Waals surface area contributed by atoms with Crippen LogP contribution in [0.15, 0.2) is 47.3 Å². The molecule has 0 spiro atoms. The molecule has 1 aromatic rings. The molecule has 1 aromatic heterocycles. The van der Waals surface area contributed by atoms with E-state index >= 15 is 0 Å². The molecule has 2 aliphatic rings. The van der Waals surface area contributed by atoms with E-state index < -0.39 is 11.9 Å². The van der Waals surface area contributed by atoms with E-state index in [1.54, 1.807) is 18.5 Å². The summed E-state index contributed by atoms with van der Waals surface area (Å²) in [7, 11) is 1.52. The summed E-state index contributed by atoms with van der Waals surface area (Å²) in [4.78, 5) is 29.3. The van der Waals surface area contributed by atoms with E-state index in [9.17, 15) is 9.59 Å². The van der Waals surface area contributed by atoms with Crippen molar-refractivity contribution in [3.05, 3.63) is 52.9 Å². The SMILES string of the molecule is COCCOC(=O)C1=C(N)OC2=C(C(=O)CCC2)[C@H]1c1cccnc1. The molecule has 132 valence electrons. The summed E-state index contributed by atoms with van der Waals surface area (Å²) in [6, 6.07) is 3.56. The summed E-state index contributed by atoms with van der Waals surface area (Å²) in [6.45, 7) is 0.357. The molecule has 0 bridgehead atoms. The number of nitrogens with two attached hydrogens (primary N) is 1. The molecule has 7 heteroatoms. The van der Waals surface area contributed by atoms with Gasteiger partial charge in [-0.25, -0.2) is 4.79 Å². The third kappa shape index (κ3) is 3.41. The lowest BCUT2D eigenvalue weighted by atomic mass is 9.77. The maximum absolute atomic E-state index is 12.6. The Hall–Kier alpha value is -2.67. The van der Waals surface area contributed by atoms with Crippen LogP contribution in [0.3, 0.4) is 0 Å². The number of carbonyl (C=O) groups excluding carboxylic acids is 2. The number of nitrogens with zero attached hydrogens (tertiary/aromatic N) is 1.